The second-order valence-electron chi connectivity index (χ2n) is 9.37. The first-order chi connectivity index (χ1) is 17.7. The van der Waals surface area contributed by atoms with Crippen molar-refractivity contribution in [3.63, 3.8) is 0 Å². The maximum Gasteiger partial charge on any atom is 0.518 e. The molecule has 0 spiro atoms. The van der Waals surface area contributed by atoms with E-state index in [0.29, 0.717) is 36.5 Å². The highest BCUT2D eigenvalue weighted by Gasteiger charge is 2.16. The molecule has 2 aromatic rings. The van der Waals surface area contributed by atoms with E-state index < -0.39 is 6.16 Å². The largest absolute Gasteiger partial charge is 0.518 e. The maximum atomic E-state index is 12.2. The summed E-state index contributed by atoms with van der Waals surface area (Å²) in [7, 11) is 4.82. The SMILES string of the molecule is COc1cc(CCC(=O)CCCC/C=C/C(C)C)ccc1OC(=O)OC[n+]1cccc(C(=O)N(C)C)c1. The van der Waals surface area contributed by atoms with E-state index in [9.17, 15) is 14.4 Å². The van der Waals surface area contributed by atoms with Crippen molar-refractivity contribution in [3.8, 4) is 11.5 Å². The first-order valence-electron chi connectivity index (χ1n) is 12.6. The fourth-order valence-electron chi connectivity index (χ4n) is 3.55. The minimum absolute atomic E-state index is 0.121. The average molecular weight is 512 g/mol. The molecule has 2 rings (SSSR count). The molecule has 0 saturated carbocycles. The number of pyridine rings is 1. The van der Waals surface area contributed by atoms with Gasteiger partial charge in [0, 0.05) is 33.0 Å². The van der Waals surface area contributed by atoms with E-state index in [4.69, 9.17) is 14.2 Å². The van der Waals surface area contributed by atoms with Crippen molar-refractivity contribution in [1.82, 2.24) is 4.90 Å². The summed E-state index contributed by atoms with van der Waals surface area (Å²) in [5.74, 6) is 1.25. The Morgan fingerprint density at radius 2 is 1.84 bits per heavy atom. The zero-order valence-electron chi connectivity index (χ0n) is 22.6. The van der Waals surface area contributed by atoms with Crippen LogP contribution in [0.3, 0.4) is 0 Å². The van der Waals surface area contributed by atoms with Gasteiger partial charge in [-0.15, -0.1) is 0 Å². The molecule has 200 valence electrons. The number of ether oxygens (including phenoxy) is 3. The summed E-state index contributed by atoms with van der Waals surface area (Å²) < 4.78 is 17.4. The summed E-state index contributed by atoms with van der Waals surface area (Å²) in [6.07, 6.45) is 11.3. The number of carbonyl (C=O) groups excluding carboxylic acids is 3. The number of aromatic nitrogens is 1. The molecule has 0 aliphatic heterocycles. The molecule has 0 fully saturated rings. The minimum Gasteiger partial charge on any atom is -0.493 e. The summed E-state index contributed by atoms with van der Waals surface area (Å²) in [5, 5.41) is 0. The fourth-order valence-corrected chi connectivity index (χ4v) is 3.55. The quantitative estimate of drug-likeness (QED) is 0.115. The number of hydrogen-bond donors (Lipinski definition) is 0. The van der Waals surface area contributed by atoms with Crippen LogP contribution in [0.2, 0.25) is 0 Å². The van der Waals surface area contributed by atoms with Crippen LogP contribution in [-0.4, -0.2) is 44.0 Å². The van der Waals surface area contributed by atoms with Crippen molar-refractivity contribution < 1.29 is 33.2 Å². The van der Waals surface area contributed by atoms with Gasteiger partial charge in [0.2, 0.25) is 0 Å². The molecular weight excluding hydrogens is 472 g/mol. The fraction of sp³-hybridized carbons (Fsp3) is 0.448. The smallest absolute Gasteiger partial charge is 0.493 e. The third kappa shape index (κ3) is 10.9. The molecule has 0 N–H and O–H groups in total. The predicted molar refractivity (Wildman–Crippen MR) is 141 cm³/mol. The van der Waals surface area contributed by atoms with E-state index in [1.165, 1.54) is 12.0 Å². The maximum absolute atomic E-state index is 12.2. The molecular formula is C29H39N2O6+. The van der Waals surface area contributed by atoms with Gasteiger partial charge in [0.05, 0.1) is 7.11 Å². The number of rotatable bonds is 14. The van der Waals surface area contributed by atoms with Gasteiger partial charge in [-0.1, -0.05) is 32.1 Å². The van der Waals surface area contributed by atoms with Gasteiger partial charge in [0.25, 0.3) is 12.6 Å². The molecule has 37 heavy (non-hydrogen) atoms. The Morgan fingerprint density at radius 3 is 2.54 bits per heavy atom. The third-order valence-electron chi connectivity index (χ3n) is 5.55. The van der Waals surface area contributed by atoms with E-state index in [1.807, 2.05) is 0 Å². The minimum atomic E-state index is -0.902. The number of unbranched alkanes of at least 4 members (excludes halogenated alkanes) is 2. The Labute approximate surface area is 219 Å². The monoisotopic (exact) mass is 511 g/mol. The summed E-state index contributed by atoms with van der Waals surface area (Å²) in [4.78, 5) is 38.1. The molecule has 1 heterocycles. The van der Waals surface area contributed by atoms with Gasteiger partial charge in [-0.2, -0.15) is 4.57 Å². The number of ketones is 1. The normalized spacial score (nSPS) is 11.0. The standard InChI is InChI=1S/C29H39N2O6/c1-22(2)11-8-6-7-9-13-25(32)16-14-23-15-17-26(27(19-23)35-5)37-29(34)36-21-31-18-10-12-24(20-31)28(33)30(3)4/h8,10-12,15,17-20,22H,6-7,9,13-14,16,21H2,1-5H3/q+1/b11-8+. The molecule has 0 saturated heterocycles. The summed E-state index contributed by atoms with van der Waals surface area (Å²) in [6.45, 7) is 4.18. The molecule has 8 heteroatoms. The van der Waals surface area contributed by atoms with Crippen LogP contribution in [-0.2, 0) is 22.7 Å². The number of nitrogens with zero attached hydrogens (tertiary/aromatic N) is 2. The lowest BCUT2D eigenvalue weighted by Crippen LogP contribution is -2.37. The molecule has 0 bridgehead atoms. The van der Waals surface area contributed by atoms with Crippen molar-refractivity contribution >= 4 is 17.8 Å². The third-order valence-corrected chi connectivity index (χ3v) is 5.55. The number of hydrogen-bond acceptors (Lipinski definition) is 6. The molecule has 0 aliphatic carbocycles. The van der Waals surface area contributed by atoms with Gasteiger partial charge in [-0.3, -0.25) is 9.59 Å². The van der Waals surface area contributed by atoms with Gasteiger partial charge in [0.15, 0.2) is 23.9 Å². The van der Waals surface area contributed by atoms with Crippen LogP contribution in [0.5, 0.6) is 11.5 Å². The second-order valence-corrected chi connectivity index (χ2v) is 9.37. The first kappa shape index (κ1) is 29.5. The van der Waals surface area contributed by atoms with Crippen molar-refractivity contribution in [2.75, 3.05) is 21.2 Å². The van der Waals surface area contributed by atoms with Gasteiger partial charge in [0.1, 0.15) is 11.3 Å². The van der Waals surface area contributed by atoms with Crippen molar-refractivity contribution in [1.29, 1.82) is 0 Å². The molecule has 8 nitrogen and oxygen atoms in total. The molecule has 0 radical (unpaired) electrons. The Bertz CT molecular complexity index is 1080. The summed E-state index contributed by atoms with van der Waals surface area (Å²) >= 11 is 0. The van der Waals surface area contributed by atoms with E-state index in [2.05, 4.69) is 26.0 Å². The van der Waals surface area contributed by atoms with Crippen LogP contribution >= 0.6 is 0 Å². The highest BCUT2D eigenvalue weighted by molar-refractivity contribution is 5.93. The predicted octanol–water partition coefficient (Wildman–Crippen LogP) is 5.13. The van der Waals surface area contributed by atoms with Crippen molar-refractivity contribution in [3.05, 3.63) is 66.0 Å². The van der Waals surface area contributed by atoms with Crippen LogP contribution in [0.1, 0.15) is 61.9 Å². The van der Waals surface area contributed by atoms with E-state index in [0.717, 1.165) is 24.8 Å². The van der Waals surface area contributed by atoms with Crippen LogP contribution in [0.4, 0.5) is 4.79 Å². The van der Waals surface area contributed by atoms with Crippen LogP contribution in [0.15, 0.2) is 54.9 Å². The van der Waals surface area contributed by atoms with E-state index in [-0.39, 0.29) is 24.2 Å². The molecule has 0 aliphatic rings. The lowest BCUT2D eigenvalue weighted by molar-refractivity contribution is -0.727. The second kappa shape index (κ2) is 15.4. The zero-order chi connectivity index (χ0) is 27.2. The Morgan fingerprint density at radius 1 is 1.05 bits per heavy atom. The highest BCUT2D eigenvalue weighted by Crippen LogP contribution is 2.29. The number of carbonyl (C=O) groups is 3. The lowest BCUT2D eigenvalue weighted by atomic mass is 10.0. The van der Waals surface area contributed by atoms with Crippen molar-refractivity contribution in [2.45, 2.75) is 59.1 Å². The van der Waals surface area contributed by atoms with E-state index in [1.54, 1.807) is 61.4 Å². The Balaban J connectivity index is 1.82. The topological polar surface area (TPSA) is 86.0 Å². The number of allylic oxidation sites excluding steroid dienone is 2. The van der Waals surface area contributed by atoms with E-state index >= 15 is 0 Å². The number of methoxy groups -OCH3 is 1. The molecule has 1 amide bonds. The number of benzene rings is 1. The van der Waals surface area contributed by atoms with Crippen LogP contribution in [0.25, 0.3) is 0 Å². The Hall–Kier alpha value is -3.68. The van der Waals surface area contributed by atoms with Gasteiger partial charge < -0.3 is 19.1 Å². The number of amides is 1. The number of Topliss-reactive ketones (excluding diaryl/α,β-unsaturated/α-hetero) is 1. The highest BCUT2D eigenvalue weighted by atomic mass is 16.7. The van der Waals surface area contributed by atoms with Crippen LogP contribution in [0, 0.1) is 5.92 Å². The molecule has 0 atom stereocenters. The molecule has 0 unspecified atom stereocenters. The summed E-state index contributed by atoms with van der Waals surface area (Å²) in [5.41, 5.74) is 1.39. The van der Waals surface area contributed by atoms with Crippen LogP contribution < -0.4 is 14.0 Å². The average Bonchev–Trinajstić information content (AvgIpc) is 2.88. The van der Waals surface area contributed by atoms with Gasteiger partial charge in [-0.25, -0.2) is 4.79 Å². The Kier molecular flexibility index (Phi) is 12.3. The zero-order valence-corrected chi connectivity index (χ0v) is 22.6. The van der Waals surface area contributed by atoms with Gasteiger partial charge in [-0.05, 0) is 55.4 Å². The first-order valence-corrected chi connectivity index (χ1v) is 12.6. The summed E-state index contributed by atoms with van der Waals surface area (Å²) in [6, 6.07) is 8.58. The molecule has 1 aromatic carbocycles. The number of aryl methyl sites for hydroxylation is 1. The van der Waals surface area contributed by atoms with Gasteiger partial charge >= 0.3 is 6.16 Å². The lowest BCUT2D eigenvalue weighted by Gasteiger charge is -2.11. The van der Waals surface area contributed by atoms with Crippen molar-refractivity contribution in [2.24, 2.45) is 5.92 Å². The molecule has 1 aromatic heterocycles.